The lowest BCUT2D eigenvalue weighted by Gasteiger charge is -2.13. The van der Waals surface area contributed by atoms with Gasteiger partial charge in [-0.1, -0.05) is 30.7 Å². The van der Waals surface area contributed by atoms with Crippen LogP contribution in [0.5, 0.6) is 0 Å². The number of hydrogen-bond donors (Lipinski definition) is 1. The molecule has 0 amide bonds. The molecule has 1 atom stereocenters. The van der Waals surface area contributed by atoms with Gasteiger partial charge in [-0.05, 0) is 31.2 Å². The highest BCUT2D eigenvalue weighted by atomic mass is 35.5. The predicted molar refractivity (Wildman–Crippen MR) is 64.2 cm³/mol. The first-order chi connectivity index (χ1) is 7.22. The molecule has 1 aromatic carbocycles. The van der Waals surface area contributed by atoms with Gasteiger partial charge in [0.2, 0.25) is 0 Å². The molecule has 3 heteroatoms. The molecule has 0 aliphatic heterocycles. The summed E-state index contributed by atoms with van der Waals surface area (Å²) in [4.78, 5) is 0. The molecule has 1 rings (SSSR count). The van der Waals surface area contributed by atoms with Gasteiger partial charge in [0, 0.05) is 11.6 Å². The molecular weight excluding hydrogens is 210 g/mol. The molecule has 0 radical (unpaired) electrons. The standard InChI is InChI=1S/C12H18ClNO/c1-3-14-8-10(2)15-9-11-5-4-6-12(13)7-11/h4-7,10,14H,3,8-9H2,1-2H3. The average molecular weight is 228 g/mol. The SMILES string of the molecule is CCNCC(C)OCc1cccc(Cl)c1. The topological polar surface area (TPSA) is 21.3 Å². The Bertz CT molecular complexity index is 291. The molecule has 0 aromatic heterocycles. The lowest BCUT2D eigenvalue weighted by Crippen LogP contribution is -2.26. The van der Waals surface area contributed by atoms with Gasteiger partial charge in [0.1, 0.15) is 0 Å². The number of rotatable bonds is 6. The van der Waals surface area contributed by atoms with E-state index in [2.05, 4.69) is 19.2 Å². The van der Waals surface area contributed by atoms with Gasteiger partial charge in [-0.3, -0.25) is 0 Å². The van der Waals surface area contributed by atoms with Crippen LogP contribution in [0.1, 0.15) is 19.4 Å². The summed E-state index contributed by atoms with van der Waals surface area (Å²) in [6.07, 6.45) is 0.226. The van der Waals surface area contributed by atoms with Crippen molar-refractivity contribution >= 4 is 11.6 Å². The number of nitrogens with one attached hydrogen (secondary N) is 1. The zero-order chi connectivity index (χ0) is 11.1. The van der Waals surface area contributed by atoms with E-state index in [9.17, 15) is 0 Å². The van der Waals surface area contributed by atoms with Crippen LogP contribution in [0.15, 0.2) is 24.3 Å². The Morgan fingerprint density at radius 2 is 2.27 bits per heavy atom. The number of ether oxygens (including phenoxy) is 1. The molecule has 0 fully saturated rings. The molecule has 15 heavy (non-hydrogen) atoms. The zero-order valence-corrected chi connectivity index (χ0v) is 10.1. The monoisotopic (exact) mass is 227 g/mol. The van der Waals surface area contributed by atoms with Crippen LogP contribution < -0.4 is 5.32 Å². The largest absolute Gasteiger partial charge is 0.373 e. The smallest absolute Gasteiger partial charge is 0.0721 e. The van der Waals surface area contributed by atoms with Crippen molar-refractivity contribution in [1.29, 1.82) is 0 Å². The van der Waals surface area contributed by atoms with E-state index in [-0.39, 0.29) is 6.10 Å². The first kappa shape index (κ1) is 12.5. The predicted octanol–water partition coefficient (Wildman–Crippen LogP) is 2.85. The number of halogens is 1. The fourth-order valence-corrected chi connectivity index (χ4v) is 1.48. The molecule has 1 unspecified atom stereocenters. The van der Waals surface area contributed by atoms with E-state index in [1.165, 1.54) is 0 Å². The summed E-state index contributed by atoms with van der Waals surface area (Å²) in [5, 5.41) is 4.00. The van der Waals surface area contributed by atoms with Crippen molar-refractivity contribution < 1.29 is 4.74 Å². The second-order valence-corrected chi connectivity index (χ2v) is 4.00. The number of likely N-dealkylation sites (N-methyl/N-ethyl adjacent to an activating group) is 1. The van der Waals surface area contributed by atoms with Gasteiger partial charge in [-0.2, -0.15) is 0 Å². The van der Waals surface area contributed by atoms with Gasteiger partial charge in [0.05, 0.1) is 12.7 Å². The minimum atomic E-state index is 0.226. The molecule has 2 nitrogen and oxygen atoms in total. The van der Waals surface area contributed by atoms with Crippen molar-refractivity contribution in [1.82, 2.24) is 5.32 Å². The van der Waals surface area contributed by atoms with E-state index in [1.807, 2.05) is 24.3 Å². The van der Waals surface area contributed by atoms with Crippen molar-refractivity contribution in [2.45, 2.75) is 26.6 Å². The van der Waals surface area contributed by atoms with Gasteiger partial charge in [-0.25, -0.2) is 0 Å². The molecular formula is C12H18ClNO. The Labute approximate surface area is 96.6 Å². The van der Waals surface area contributed by atoms with Crippen LogP contribution >= 0.6 is 11.6 Å². The van der Waals surface area contributed by atoms with Crippen LogP contribution in [0.25, 0.3) is 0 Å². The van der Waals surface area contributed by atoms with Gasteiger partial charge in [0.15, 0.2) is 0 Å². The molecule has 84 valence electrons. The summed E-state index contributed by atoms with van der Waals surface area (Å²) < 4.78 is 5.66. The lowest BCUT2D eigenvalue weighted by atomic mass is 10.2. The number of benzene rings is 1. The second kappa shape index (κ2) is 6.83. The molecule has 0 saturated heterocycles. The summed E-state index contributed by atoms with van der Waals surface area (Å²) in [6.45, 7) is 6.63. The van der Waals surface area contributed by atoms with E-state index in [1.54, 1.807) is 0 Å². The third-order valence-corrected chi connectivity index (χ3v) is 2.34. The first-order valence-corrected chi connectivity index (χ1v) is 5.67. The molecule has 1 aromatic rings. The normalized spacial score (nSPS) is 12.7. The molecule has 0 heterocycles. The lowest BCUT2D eigenvalue weighted by molar-refractivity contribution is 0.0536. The van der Waals surface area contributed by atoms with E-state index in [4.69, 9.17) is 16.3 Å². The second-order valence-electron chi connectivity index (χ2n) is 3.56. The van der Waals surface area contributed by atoms with Crippen LogP contribution in [0, 0.1) is 0 Å². The first-order valence-electron chi connectivity index (χ1n) is 5.29. The van der Waals surface area contributed by atoms with Crippen molar-refractivity contribution in [2.75, 3.05) is 13.1 Å². The summed E-state index contributed by atoms with van der Waals surface area (Å²) in [5.41, 5.74) is 1.12. The molecule has 0 saturated carbocycles. The number of hydrogen-bond acceptors (Lipinski definition) is 2. The summed E-state index contributed by atoms with van der Waals surface area (Å²) >= 11 is 5.88. The van der Waals surface area contributed by atoms with Crippen molar-refractivity contribution in [3.63, 3.8) is 0 Å². The third-order valence-electron chi connectivity index (χ3n) is 2.11. The molecule has 0 aliphatic carbocycles. The van der Waals surface area contributed by atoms with Gasteiger partial charge in [-0.15, -0.1) is 0 Å². The quantitative estimate of drug-likeness (QED) is 0.807. The van der Waals surface area contributed by atoms with Crippen LogP contribution in [-0.2, 0) is 11.3 Å². The minimum absolute atomic E-state index is 0.226. The van der Waals surface area contributed by atoms with Crippen LogP contribution in [-0.4, -0.2) is 19.2 Å². The Kier molecular flexibility index (Phi) is 5.69. The van der Waals surface area contributed by atoms with E-state index >= 15 is 0 Å². The van der Waals surface area contributed by atoms with Crippen LogP contribution in [0.4, 0.5) is 0 Å². The summed E-state index contributed by atoms with van der Waals surface area (Å²) in [7, 11) is 0. The maximum Gasteiger partial charge on any atom is 0.0721 e. The minimum Gasteiger partial charge on any atom is -0.373 e. The maximum absolute atomic E-state index is 5.88. The highest BCUT2D eigenvalue weighted by molar-refractivity contribution is 6.30. The van der Waals surface area contributed by atoms with Gasteiger partial charge < -0.3 is 10.1 Å². The van der Waals surface area contributed by atoms with Crippen molar-refractivity contribution in [3.05, 3.63) is 34.9 Å². The van der Waals surface area contributed by atoms with E-state index < -0.39 is 0 Å². The summed E-state index contributed by atoms with van der Waals surface area (Å²) in [6, 6.07) is 7.76. The molecule has 0 aliphatic rings. The fraction of sp³-hybridized carbons (Fsp3) is 0.500. The van der Waals surface area contributed by atoms with Crippen LogP contribution in [0.2, 0.25) is 5.02 Å². The Balaban J connectivity index is 2.30. The van der Waals surface area contributed by atoms with Crippen LogP contribution in [0.3, 0.4) is 0 Å². The van der Waals surface area contributed by atoms with Gasteiger partial charge in [0.25, 0.3) is 0 Å². The zero-order valence-electron chi connectivity index (χ0n) is 9.29. The fourth-order valence-electron chi connectivity index (χ4n) is 1.27. The van der Waals surface area contributed by atoms with Crippen molar-refractivity contribution in [2.24, 2.45) is 0 Å². The highest BCUT2D eigenvalue weighted by Gasteiger charge is 2.01. The highest BCUT2D eigenvalue weighted by Crippen LogP contribution is 2.11. The summed E-state index contributed by atoms with van der Waals surface area (Å²) in [5.74, 6) is 0. The third kappa shape index (κ3) is 5.17. The Morgan fingerprint density at radius 1 is 1.47 bits per heavy atom. The Morgan fingerprint density at radius 3 is 2.93 bits per heavy atom. The molecule has 0 bridgehead atoms. The maximum atomic E-state index is 5.88. The average Bonchev–Trinajstić information content (AvgIpc) is 2.23. The van der Waals surface area contributed by atoms with Crippen molar-refractivity contribution in [3.8, 4) is 0 Å². The Hall–Kier alpha value is -0.570. The van der Waals surface area contributed by atoms with E-state index in [0.717, 1.165) is 23.7 Å². The van der Waals surface area contributed by atoms with Gasteiger partial charge >= 0.3 is 0 Å². The molecule has 1 N–H and O–H groups in total. The molecule has 0 spiro atoms. The van der Waals surface area contributed by atoms with E-state index in [0.29, 0.717) is 6.61 Å².